The van der Waals surface area contributed by atoms with Crippen molar-refractivity contribution < 1.29 is 8.42 Å². The van der Waals surface area contributed by atoms with Crippen LogP contribution in [0, 0.1) is 0 Å². The maximum Gasteiger partial charge on any atom is 0.191 e. The van der Waals surface area contributed by atoms with Crippen molar-refractivity contribution in [3.63, 3.8) is 0 Å². The summed E-state index contributed by atoms with van der Waals surface area (Å²) in [4.78, 5) is 0.363. The zero-order chi connectivity index (χ0) is 18.4. The molecule has 0 aliphatic rings. The minimum atomic E-state index is -3.27. The second-order valence-electron chi connectivity index (χ2n) is 5.79. The summed E-state index contributed by atoms with van der Waals surface area (Å²) in [7, 11) is -3.27. The molecule has 2 aromatic carbocycles. The van der Waals surface area contributed by atoms with Crippen molar-refractivity contribution in [2.24, 2.45) is 0 Å². The first-order valence-electron chi connectivity index (χ1n) is 8.47. The lowest BCUT2D eigenvalue weighted by molar-refractivity contribution is 0.597. The molecule has 0 N–H and O–H groups in total. The van der Waals surface area contributed by atoms with Gasteiger partial charge in [-0.15, -0.1) is 10.2 Å². The number of hydrogen-bond acceptors (Lipinski definition) is 5. The van der Waals surface area contributed by atoms with Crippen LogP contribution in [0.1, 0.15) is 18.3 Å². The van der Waals surface area contributed by atoms with Crippen LogP contribution < -0.4 is 0 Å². The van der Waals surface area contributed by atoms with E-state index in [1.165, 1.54) is 17.3 Å². The molecule has 0 atom stereocenters. The van der Waals surface area contributed by atoms with Gasteiger partial charge in [0.05, 0.1) is 10.6 Å². The van der Waals surface area contributed by atoms with Crippen molar-refractivity contribution in [2.75, 3.05) is 11.5 Å². The second-order valence-corrected chi connectivity index (χ2v) is 8.96. The maximum absolute atomic E-state index is 12.4. The van der Waals surface area contributed by atoms with Gasteiger partial charge in [-0.05, 0) is 24.6 Å². The first-order valence-corrected chi connectivity index (χ1v) is 11.1. The van der Waals surface area contributed by atoms with Crippen LogP contribution in [0.3, 0.4) is 0 Å². The highest BCUT2D eigenvalue weighted by Gasteiger charge is 2.16. The summed E-state index contributed by atoms with van der Waals surface area (Å²) in [6.07, 6.45) is 0.713. The van der Waals surface area contributed by atoms with E-state index in [-0.39, 0.29) is 5.75 Å². The Kier molecular flexibility index (Phi) is 6.11. The van der Waals surface area contributed by atoms with Gasteiger partial charge in [-0.2, -0.15) is 0 Å². The van der Waals surface area contributed by atoms with Gasteiger partial charge in [-0.25, -0.2) is 8.42 Å². The molecule has 26 heavy (non-hydrogen) atoms. The van der Waals surface area contributed by atoms with E-state index in [4.69, 9.17) is 0 Å². The van der Waals surface area contributed by atoms with Crippen molar-refractivity contribution in [1.29, 1.82) is 0 Å². The van der Waals surface area contributed by atoms with Crippen molar-refractivity contribution in [3.05, 3.63) is 72.1 Å². The lowest BCUT2D eigenvalue weighted by atomic mass is 10.1. The quantitative estimate of drug-likeness (QED) is 0.554. The SMILES string of the molecule is CCn1c(Cc2ccccc2)nnc1SCCS(=O)(=O)c1ccccc1. The molecule has 7 heteroatoms. The van der Waals surface area contributed by atoms with E-state index in [9.17, 15) is 8.42 Å². The molecule has 0 saturated heterocycles. The number of thioether (sulfide) groups is 1. The van der Waals surface area contributed by atoms with E-state index < -0.39 is 9.84 Å². The fraction of sp³-hybridized carbons (Fsp3) is 0.263. The molecule has 0 aliphatic carbocycles. The number of rotatable bonds is 8. The Morgan fingerprint density at radius 1 is 0.962 bits per heavy atom. The van der Waals surface area contributed by atoms with Gasteiger partial charge in [0.2, 0.25) is 0 Å². The number of hydrogen-bond donors (Lipinski definition) is 0. The van der Waals surface area contributed by atoms with Gasteiger partial charge >= 0.3 is 0 Å². The van der Waals surface area contributed by atoms with E-state index in [0.29, 0.717) is 17.1 Å². The zero-order valence-corrected chi connectivity index (χ0v) is 16.2. The van der Waals surface area contributed by atoms with Crippen LogP contribution >= 0.6 is 11.8 Å². The molecule has 0 amide bonds. The minimum Gasteiger partial charge on any atom is -0.306 e. The van der Waals surface area contributed by atoms with Gasteiger partial charge < -0.3 is 4.57 Å². The first-order chi connectivity index (χ1) is 12.6. The zero-order valence-electron chi connectivity index (χ0n) is 14.6. The fourth-order valence-electron chi connectivity index (χ4n) is 2.64. The van der Waals surface area contributed by atoms with E-state index in [2.05, 4.69) is 22.3 Å². The molecule has 3 rings (SSSR count). The van der Waals surface area contributed by atoms with E-state index in [0.717, 1.165) is 17.5 Å². The summed E-state index contributed by atoms with van der Waals surface area (Å²) in [6, 6.07) is 18.7. The van der Waals surface area contributed by atoms with E-state index in [1.807, 2.05) is 35.8 Å². The molecular formula is C19H21N3O2S2. The topological polar surface area (TPSA) is 64.8 Å². The highest BCUT2D eigenvalue weighted by atomic mass is 32.2. The smallest absolute Gasteiger partial charge is 0.191 e. The van der Waals surface area contributed by atoms with Gasteiger partial charge in [0, 0.05) is 18.7 Å². The van der Waals surface area contributed by atoms with Crippen LogP contribution in [0.15, 0.2) is 70.7 Å². The highest BCUT2D eigenvalue weighted by Crippen LogP contribution is 2.20. The molecule has 0 spiro atoms. The molecule has 1 heterocycles. The van der Waals surface area contributed by atoms with Crippen LogP contribution in [0.5, 0.6) is 0 Å². The van der Waals surface area contributed by atoms with Gasteiger partial charge in [0.15, 0.2) is 15.0 Å². The number of benzene rings is 2. The van der Waals surface area contributed by atoms with Gasteiger partial charge in [-0.3, -0.25) is 0 Å². The molecule has 0 saturated carbocycles. The molecule has 0 fully saturated rings. The van der Waals surface area contributed by atoms with Crippen molar-refractivity contribution in [3.8, 4) is 0 Å². The predicted molar refractivity (Wildman–Crippen MR) is 104 cm³/mol. The molecule has 5 nitrogen and oxygen atoms in total. The maximum atomic E-state index is 12.4. The lowest BCUT2D eigenvalue weighted by Gasteiger charge is -2.08. The monoisotopic (exact) mass is 387 g/mol. The third kappa shape index (κ3) is 4.53. The van der Waals surface area contributed by atoms with Crippen molar-refractivity contribution >= 4 is 21.6 Å². The van der Waals surface area contributed by atoms with E-state index >= 15 is 0 Å². The van der Waals surface area contributed by atoms with Crippen LogP contribution in [-0.4, -0.2) is 34.7 Å². The summed E-state index contributed by atoms with van der Waals surface area (Å²) in [5, 5.41) is 9.32. The summed E-state index contributed by atoms with van der Waals surface area (Å²) in [5.74, 6) is 1.42. The number of sulfone groups is 1. The van der Waals surface area contributed by atoms with Crippen LogP contribution in [0.2, 0.25) is 0 Å². The molecule has 0 bridgehead atoms. The van der Waals surface area contributed by atoms with Crippen LogP contribution in [-0.2, 0) is 22.8 Å². The highest BCUT2D eigenvalue weighted by molar-refractivity contribution is 8.00. The fourth-order valence-corrected chi connectivity index (χ4v) is 5.33. The molecule has 1 aromatic heterocycles. The summed E-state index contributed by atoms with van der Waals surface area (Å²) < 4.78 is 26.8. The Hall–Kier alpha value is -2.12. The predicted octanol–water partition coefficient (Wildman–Crippen LogP) is 3.45. The first kappa shape index (κ1) is 18.7. The summed E-state index contributed by atoms with van der Waals surface area (Å²) >= 11 is 1.43. The third-order valence-corrected chi connectivity index (χ3v) is 6.96. The number of nitrogens with zero attached hydrogens (tertiary/aromatic N) is 3. The van der Waals surface area contributed by atoms with Crippen molar-refractivity contribution in [2.45, 2.75) is 29.9 Å². The van der Waals surface area contributed by atoms with Gasteiger partial charge in [0.1, 0.15) is 5.82 Å². The molecule has 0 unspecified atom stereocenters. The Labute approximate surface area is 158 Å². The average molecular weight is 388 g/mol. The second kappa shape index (κ2) is 8.51. The Morgan fingerprint density at radius 3 is 2.27 bits per heavy atom. The molecule has 136 valence electrons. The van der Waals surface area contributed by atoms with Crippen LogP contribution in [0.25, 0.3) is 0 Å². The molecule has 0 radical (unpaired) electrons. The van der Waals surface area contributed by atoms with Gasteiger partial charge in [-0.1, -0.05) is 60.3 Å². The third-order valence-electron chi connectivity index (χ3n) is 4.00. The Morgan fingerprint density at radius 2 is 1.62 bits per heavy atom. The number of aromatic nitrogens is 3. The Balaban J connectivity index is 1.65. The van der Waals surface area contributed by atoms with Gasteiger partial charge in [0.25, 0.3) is 0 Å². The standard InChI is InChI=1S/C19H21N3O2S2/c1-2-22-18(15-16-9-5-3-6-10-16)20-21-19(22)25-13-14-26(23,24)17-11-7-4-8-12-17/h3-12H,2,13-15H2,1H3. The molecule has 3 aromatic rings. The Bertz CT molecular complexity index is 939. The molecule has 0 aliphatic heterocycles. The minimum absolute atomic E-state index is 0.0757. The summed E-state index contributed by atoms with van der Waals surface area (Å²) in [6.45, 7) is 2.80. The normalized spacial score (nSPS) is 11.6. The molecular weight excluding hydrogens is 366 g/mol. The lowest BCUT2D eigenvalue weighted by Crippen LogP contribution is -2.10. The van der Waals surface area contributed by atoms with E-state index in [1.54, 1.807) is 24.3 Å². The van der Waals surface area contributed by atoms with Crippen LogP contribution in [0.4, 0.5) is 0 Å². The van der Waals surface area contributed by atoms with Crippen molar-refractivity contribution in [1.82, 2.24) is 14.8 Å². The summed E-state index contributed by atoms with van der Waals surface area (Å²) in [5.41, 5.74) is 1.18. The average Bonchev–Trinajstić information content (AvgIpc) is 3.04. The largest absolute Gasteiger partial charge is 0.306 e.